The van der Waals surface area contributed by atoms with Gasteiger partial charge in [0.1, 0.15) is 5.75 Å². The van der Waals surface area contributed by atoms with Crippen molar-refractivity contribution in [2.75, 3.05) is 6.61 Å². The maximum Gasteiger partial charge on any atom is 0.137 e. The molecule has 0 N–H and O–H groups in total. The van der Waals surface area contributed by atoms with Gasteiger partial charge in [0.2, 0.25) is 0 Å². The third-order valence-electron chi connectivity index (χ3n) is 3.58. The Bertz CT molecular complexity index is 331. The van der Waals surface area contributed by atoms with Crippen molar-refractivity contribution in [2.45, 2.75) is 44.9 Å². The van der Waals surface area contributed by atoms with E-state index < -0.39 is 0 Å². The summed E-state index contributed by atoms with van der Waals surface area (Å²) in [4.78, 5) is 0. The Morgan fingerprint density at radius 3 is 2.65 bits per heavy atom. The summed E-state index contributed by atoms with van der Waals surface area (Å²) in [5, 5.41) is 0.713. The molecular weight excluding hydrogens is 232 g/mol. The van der Waals surface area contributed by atoms with Crippen molar-refractivity contribution in [1.29, 1.82) is 0 Å². The summed E-state index contributed by atoms with van der Waals surface area (Å²) in [6, 6.07) is 7.69. The van der Waals surface area contributed by atoms with E-state index in [-0.39, 0.29) is 0 Å². The number of ether oxygens (including phenoxy) is 1. The van der Waals surface area contributed by atoms with Crippen molar-refractivity contribution < 1.29 is 4.74 Å². The van der Waals surface area contributed by atoms with Gasteiger partial charge < -0.3 is 4.74 Å². The molecule has 94 valence electrons. The van der Waals surface area contributed by atoms with Crippen LogP contribution in [0.3, 0.4) is 0 Å². The van der Waals surface area contributed by atoms with E-state index in [9.17, 15) is 0 Å². The fourth-order valence-electron chi connectivity index (χ4n) is 2.59. The molecule has 2 rings (SSSR count). The van der Waals surface area contributed by atoms with E-state index in [0.717, 1.165) is 24.7 Å². The van der Waals surface area contributed by atoms with Crippen LogP contribution in [0, 0.1) is 5.92 Å². The first-order valence-electron chi connectivity index (χ1n) is 6.73. The predicted octanol–water partition coefficient (Wildman–Crippen LogP) is 5.08. The molecule has 1 aliphatic rings. The molecule has 1 aromatic rings. The summed E-state index contributed by atoms with van der Waals surface area (Å²) in [7, 11) is 0. The lowest BCUT2D eigenvalue weighted by Gasteiger charge is -2.21. The summed E-state index contributed by atoms with van der Waals surface area (Å²) in [6.07, 6.45) is 9.59. The second kappa shape index (κ2) is 6.90. The second-order valence-corrected chi connectivity index (χ2v) is 5.33. The van der Waals surface area contributed by atoms with E-state index in [1.54, 1.807) is 0 Å². The van der Waals surface area contributed by atoms with Crippen LogP contribution in [0.5, 0.6) is 5.75 Å². The maximum absolute atomic E-state index is 6.03. The molecule has 0 saturated heterocycles. The predicted molar refractivity (Wildman–Crippen MR) is 72.8 cm³/mol. The van der Waals surface area contributed by atoms with Crippen LogP contribution < -0.4 is 4.74 Å². The Morgan fingerprint density at radius 1 is 1.12 bits per heavy atom. The van der Waals surface area contributed by atoms with E-state index in [1.165, 1.54) is 38.5 Å². The highest BCUT2D eigenvalue weighted by Gasteiger charge is 2.12. The smallest absolute Gasteiger partial charge is 0.137 e. The highest BCUT2D eigenvalue weighted by molar-refractivity contribution is 6.32. The molecule has 0 aromatic heterocycles. The third-order valence-corrected chi connectivity index (χ3v) is 3.89. The SMILES string of the molecule is Clc1ccccc1OCCCC1CCCCC1. The first kappa shape index (κ1) is 12.8. The average Bonchev–Trinajstić information content (AvgIpc) is 2.38. The van der Waals surface area contributed by atoms with Gasteiger partial charge in [0.15, 0.2) is 0 Å². The van der Waals surface area contributed by atoms with Crippen LogP contribution in [0.2, 0.25) is 5.02 Å². The zero-order chi connectivity index (χ0) is 11.9. The van der Waals surface area contributed by atoms with Crippen LogP contribution >= 0.6 is 11.6 Å². The van der Waals surface area contributed by atoms with Gasteiger partial charge in [-0.2, -0.15) is 0 Å². The van der Waals surface area contributed by atoms with Crippen molar-refractivity contribution in [3.05, 3.63) is 29.3 Å². The zero-order valence-corrected chi connectivity index (χ0v) is 11.1. The minimum atomic E-state index is 0.713. The molecule has 0 spiro atoms. The number of rotatable bonds is 5. The van der Waals surface area contributed by atoms with Crippen LogP contribution in [0.1, 0.15) is 44.9 Å². The number of benzene rings is 1. The molecule has 0 heterocycles. The Morgan fingerprint density at radius 2 is 1.88 bits per heavy atom. The maximum atomic E-state index is 6.03. The van der Waals surface area contributed by atoms with Gasteiger partial charge >= 0.3 is 0 Å². The first-order chi connectivity index (χ1) is 8.36. The topological polar surface area (TPSA) is 9.23 Å². The van der Waals surface area contributed by atoms with Crippen molar-refractivity contribution in [2.24, 2.45) is 5.92 Å². The second-order valence-electron chi connectivity index (χ2n) is 4.93. The first-order valence-corrected chi connectivity index (χ1v) is 7.11. The molecule has 0 aliphatic heterocycles. The number of halogens is 1. The normalized spacial score (nSPS) is 17.0. The Balaban J connectivity index is 1.64. The van der Waals surface area contributed by atoms with Crippen molar-refractivity contribution in [3.63, 3.8) is 0 Å². The van der Waals surface area contributed by atoms with Crippen LogP contribution in [-0.2, 0) is 0 Å². The fraction of sp³-hybridized carbons (Fsp3) is 0.600. The molecule has 1 aromatic carbocycles. The monoisotopic (exact) mass is 252 g/mol. The Kier molecular flexibility index (Phi) is 5.18. The van der Waals surface area contributed by atoms with Gasteiger partial charge in [-0.15, -0.1) is 0 Å². The van der Waals surface area contributed by atoms with Crippen molar-refractivity contribution in [3.8, 4) is 5.75 Å². The van der Waals surface area contributed by atoms with Gasteiger partial charge in [-0.25, -0.2) is 0 Å². The van der Waals surface area contributed by atoms with E-state index in [1.807, 2.05) is 24.3 Å². The highest BCUT2D eigenvalue weighted by atomic mass is 35.5. The largest absolute Gasteiger partial charge is 0.492 e. The number of para-hydroxylation sites is 1. The summed E-state index contributed by atoms with van der Waals surface area (Å²) in [5.41, 5.74) is 0. The van der Waals surface area contributed by atoms with E-state index in [2.05, 4.69) is 0 Å². The summed E-state index contributed by atoms with van der Waals surface area (Å²) in [6.45, 7) is 0.792. The molecule has 17 heavy (non-hydrogen) atoms. The summed E-state index contributed by atoms with van der Waals surface area (Å²) in [5.74, 6) is 1.76. The number of hydrogen-bond acceptors (Lipinski definition) is 1. The van der Waals surface area contributed by atoms with Gasteiger partial charge in [-0.1, -0.05) is 55.8 Å². The van der Waals surface area contributed by atoms with Crippen molar-refractivity contribution >= 4 is 11.6 Å². The van der Waals surface area contributed by atoms with E-state index in [0.29, 0.717) is 5.02 Å². The van der Waals surface area contributed by atoms with Crippen LogP contribution in [0.4, 0.5) is 0 Å². The average molecular weight is 253 g/mol. The molecule has 0 amide bonds. The molecule has 0 radical (unpaired) electrons. The van der Waals surface area contributed by atoms with E-state index >= 15 is 0 Å². The molecule has 1 nitrogen and oxygen atoms in total. The zero-order valence-electron chi connectivity index (χ0n) is 10.3. The van der Waals surface area contributed by atoms with Gasteiger partial charge in [0.25, 0.3) is 0 Å². The Labute approximate surface area is 109 Å². The standard InChI is InChI=1S/C15H21ClO/c16-14-10-4-5-11-15(14)17-12-6-9-13-7-2-1-3-8-13/h4-5,10-11,13H,1-3,6-9,12H2. The van der Waals surface area contributed by atoms with Gasteiger partial charge in [0, 0.05) is 0 Å². The molecular formula is C15H21ClO. The minimum absolute atomic E-state index is 0.713. The van der Waals surface area contributed by atoms with Gasteiger partial charge in [0.05, 0.1) is 11.6 Å². The van der Waals surface area contributed by atoms with E-state index in [4.69, 9.17) is 16.3 Å². The third kappa shape index (κ3) is 4.23. The van der Waals surface area contributed by atoms with Crippen LogP contribution in [-0.4, -0.2) is 6.61 Å². The number of hydrogen-bond donors (Lipinski definition) is 0. The van der Waals surface area contributed by atoms with Gasteiger partial charge in [-0.05, 0) is 30.9 Å². The molecule has 0 unspecified atom stereocenters. The fourth-order valence-corrected chi connectivity index (χ4v) is 2.78. The molecule has 1 saturated carbocycles. The minimum Gasteiger partial charge on any atom is -0.492 e. The summed E-state index contributed by atoms with van der Waals surface area (Å²) >= 11 is 6.03. The molecule has 0 atom stereocenters. The molecule has 1 aliphatic carbocycles. The van der Waals surface area contributed by atoms with Gasteiger partial charge in [-0.3, -0.25) is 0 Å². The van der Waals surface area contributed by atoms with Crippen LogP contribution in [0.25, 0.3) is 0 Å². The molecule has 1 fully saturated rings. The van der Waals surface area contributed by atoms with Crippen molar-refractivity contribution in [1.82, 2.24) is 0 Å². The Hall–Kier alpha value is -0.690. The summed E-state index contributed by atoms with van der Waals surface area (Å²) < 4.78 is 5.70. The highest BCUT2D eigenvalue weighted by Crippen LogP contribution is 2.28. The van der Waals surface area contributed by atoms with Crippen LogP contribution in [0.15, 0.2) is 24.3 Å². The molecule has 0 bridgehead atoms. The molecule has 2 heteroatoms. The lowest BCUT2D eigenvalue weighted by atomic mass is 9.86. The quantitative estimate of drug-likeness (QED) is 0.664. The lowest BCUT2D eigenvalue weighted by Crippen LogP contribution is -2.08. The lowest BCUT2D eigenvalue weighted by molar-refractivity contribution is 0.269.